The molecule has 0 aliphatic heterocycles. The Kier molecular flexibility index (Phi) is 7.86. The third-order valence-corrected chi connectivity index (χ3v) is 4.39. The Hall–Kier alpha value is -3.55. The number of ether oxygens (including phenoxy) is 3. The van der Waals surface area contributed by atoms with E-state index in [1.807, 2.05) is 44.2 Å². The van der Waals surface area contributed by atoms with Gasteiger partial charge in [-0.3, -0.25) is 4.79 Å². The van der Waals surface area contributed by atoms with Crippen LogP contribution in [0.4, 0.5) is 0 Å². The van der Waals surface area contributed by atoms with Crippen LogP contribution in [0, 0.1) is 0 Å². The number of aromatic nitrogens is 2. The van der Waals surface area contributed by atoms with E-state index in [0.29, 0.717) is 55.0 Å². The molecule has 2 aromatic carbocycles. The van der Waals surface area contributed by atoms with Gasteiger partial charge < -0.3 is 23.6 Å². The summed E-state index contributed by atoms with van der Waals surface area (Å²) in [7, 11) is 1.68. The van der Waals surface area contributed by atoms with E-state index < -0.39 is 0 Å². The van der Waals surface area contributed by atoms with E-state index in [1.54, 1.807) is 25.2 Å². The third kappa shape index (κ3) is 6.21. The average Bonchev–Trinajstić information content (AvgIpc) is 3.25. The molecule has 8 nitrogen and oxygen atoms in total. The molecule has 3 aromatic rings. The van der Waals surface area contributed by atoms with Crippen LogP contribution in [0.25, 0.3) is 0 Å². The summed E-state index contributed by atoms with van der Waals surface area (Å²) >= 11 is 0. The maximum absolute atomic E-state index is 12.8. The summed E-state index contributed by atoms with van der Waals surface area (Å²) in [6, 6.07) is 14.7. The predicted molar refractivity (Wildman–Crippen MR) is 115 cm³/mol. The molecule has 0 radical (unpaired) electrons. The van der Waals surface area contributed by atoms with Crippen LogP contribution in [0.1, 0.15) is 35.9 Å². The Morgan fingerprint density at radius 2 is 1.77 bits per heavy atom. The van der Waals surface area contributed by atoms with E-state index in [-0.39, 0.29) is 12.5 Å². The Bertz CT molecular complexity index is 974. The number of nitrogens with zero attached hydrogens (tertiary/aromatic N) is 3. The molecule has 1 aromatic heterocycles. The van der Waals surface area contributed by atoms with Gasteiger partial charge in [0.05, 0.1) is 13.2 Å². The van der Waals surface area contributed by atoms with Crippen LogP contribution < -0.4 is 14.2 Å². The standard InChI is InChI=1S/C23H27N3O5/c1-4-21-24-22(31-25-21)16-26(3)23(27)17-11-12-19(20(15-17)28-5-2)30-14-13-29-18-9-7-6-8-10-18/h6-12,15H,4-5,13-14,16H2,1-3H3. The molecule has 1 amide bonds. The van der Waals surface area contributed by atoms with Gasteiger partial charge in [-0.2, -0.15) is 4.98 Å². The number of carbonyl (C=O) groups excluding carboxylic acids is 1. The summed E-state index contributed by atoms with van der Waals surface area (Å²) in [5.74, 6) is 2.68. The van der Waals surface area contributed by atoms with Crippen LogP contribution in [0.15, 0.2) is 53.1 Å². The smallest absolute Gasteiger partial charge is 0.254 e. The molecule has 0 fully saturated rings. The SMILES string of the molecule is CCOc1cc(C(=O)N(C)Cc2nc(CC)no2)ccc1OCCOc1ccccc1. The lowest BCUT2D eigenvalue weighted by Gasteiger charge is -2.17. The minimum absolute atomic E-state index is 0.184. The van der Waals surface area contributed by atoms with Crippen LogP contribution in [-0.2, 0) is 13.0 Å². The highest BCUT2D eigenvalue weighted by atomic mass is 16.5. The van der Waals surface area contributed by atoms with Crippen molar-refractivity contribution in [1.29, 1.82) is 0 Å². The number of carbonyl (C=O) groups is 1. The Balaban J connectivity index is 1.60. The van der Waals surface area contributed by atoms with Gasteiger partial charge in [0.2, 0.25) is 5.89 Å². The molecular formula is C23H27N3O5. The fourth-order valence-electron chi connectivity index (χ4n) is 2.85. The van der Waals surface area contributed by atoms with Crippen molar-refractivity contribution in [3.05, 3.63) is 65.8 Å². The number of hydrogen-bond donors (Lipinski definition) is 0. The van der Waals surface area contributed by atoms with E-state index in [4.69, 9.17) is 18.7 Å². The molecule has 8 heteroatoms. The molecule has 0 saturated carbocycles. The summed E-state index contributed by atoms with van der Waals surface area (Å²) < 4.78 is 22.3. The molecule has 1 heterocycles. The van der Waals surface area contributed by atoms with Crippen molar-refractivity contribution in [2.24, 2.45) is 0 Å². The summed E-state index contributed by atoms with van der Waals surface area (Å²) in [4.78, 5) is 18.6. The number of aryl methyl sites for hydroxylation is 1. The first-order valence-corrected chi connectivity index (χ1v) is 10.2. The molecule has 0 bridgehead atoms. The summed E-state index contributed by atoms with van der Waals surface area (Å²) in [6.45, 7) is 5.24. The second kappa shape index (κ2) is 11.0. The fourth-order valence-corrected chi connectivity index (χ4v) is 2.85. The minimum atomic E-state index is -0.184. The van der Waals surface area contributed by atoms with E-state index in [1.165, 1.54) is 4.90 Å². The van der Waals surface area contributed by atoms with Crippen molar-refractivity contribution in [3.8, 4) is 17.2 Å². The minimum Gasteiger partial charge on any atom is -0.490 e. The van der Waals surface area contributed by atoms with E-state index >= 15 is 0 Å². The van der Waals surface area contributed by atoms with Gasteiger partial charge in [0.25, 0.3) is 5.91 Å². The van der Waals surface area contributed by atoms with Crippen LogP contribution in [0.3, 0.4) is 0 Å². The van der Waals surface area contributed by atoms with Crippen molar-refractivity contribution in [3.63, 3.8) is 0 Å². The van der Waals surface area contributed by atoms with Gasteiger partial charge in [-0.05, 0) is 37.3 Å². The zero-order valence-electron chi connectivity index (χ0n) is 18.0. The number of benzene rings is 2. The first-order chi connectivity index (χ1) is 15.1. The van der Waals surface area contributed by atoms with Gasteiger partial charge in [-0.1, -0.05) is 30.3 Å². The van der Waals surface area contributed by atoms with Crippen LogP contribution in [-0.4, -0.2) is 47.8 Å². The second-order valence-electron chi connectivity index (χ2n) is 6.72. The van der Waals surface area contributed by atoms with E-state index in [2.05, 4.69) is 10.1 Å². The first kappa shape index (κ1) is 22.1. The quantitative estimate of drug-likeness (QED) is 0.432. The number of hydrogen-bond acceptors (Lipinski definition) is 7. The van der Waals surface area contributed by atoms with Gasteiger partial charge in [-0.25, -0.2) is 0 Å². The zero-order chi connectivity index (χ0) is 22.1. The van der Waals surface area contributed by atoms with Crippen LogP contribution >= 0.6 is 0 Å². The Labute approximate surface area is 181 Å². The molecule has 164 valence electrons. The Morgan fingerprint density at radius 1 is 1.00 bits per heavy atom. The third-order valence-electron chi connectivity index (χ3n) is 4.39. The zero-order valence-corrected chi connectivity index (χ0v) is 18.0. The summed E-state index contributed by atoms with van der Waals surface area (Å²) in [5, 5.41) is 3.85. The molecule has 31 heavy (non-hydrogen) atoms. The molecule has 0 atom stereocenters. The largest absolute Gasteiger partial charge is 0.490 e. The highest BCUT2D eigenvalue weighted by Crippen LogP contribution is 2.29. The molecule has 0 N–H and O–H groups in total. The van der Waals surface area contributed by atoms with Gasteiger partial charge in [0.15, 0.2) is 17.3 Å². The highest BCUT2D eigenvalue weighted by molar-refractivity contribution is 5.94. The molecule has 0 aliphatic carbocycles. The lowest BCUT2D eigenvalue weighted by atomic mass is 10.1. The van der Waals surface area contributed by atoms with Gasteiger partial charge in [0, 0.05) is 19.0 Å². The molecular weight excluding hydrogens is 398 g/mol. The van der Waals surface area contributed by atoms with Crippen molar-refractivity contribution < 1.29 is 23.5 Å². The monoisotopic (exact) mass is 425 g/mol. The van der Waals surface area contributed by atoms with Gasteiger partial charge in [-0.15, -0.1) is 0 Å². The fraction of sp³-hybridized carbons (Fsp3) is 0.348. The molecule has 0 spiro atoms. The molecule has 3 rings (SSSR count). The maximum atomic E-state index is 12.8. The molecule has 0 unspecified atom stereocenters. The lowest BCUT2D eigenvalue weighted by Crippen LogP contribution is -2.26. The number of rotatable bonds is 11. The van der Waals surface area contributed by atoms with Crippen molar-refractivity contribution in [2.75, 3.05) is 26.9 Å². The normalized spacial score (nSPS) is 10.5. The van der Waals surface area contributed by atoms with Gasteiger partial charge >= 0.3 is 0 Å². The predicted octanol–water partition coefficient (Wildman–Crippen LogP) is 3.76. The highest BCUT2D eigenvalue weighted by Gasteiger charge is 2.18. The lowest BCUT2D eigenvalue weighted by molar-refractivity contribution is 0.0769. The van der Waals surface area contributed by atoms with Crippen molar-refractivity contribution in [2.45, 2.75) is 26.8 Å². The topological polar surface area (TPSA) is 86.9 Å². The molecule has 0 saturated heterocycles. The van der Waals surface area contributed by atoms with E-state index in [0.717, 1.165) is 5.75 Å². The second-order valence-corrected chi connectivity index (χ2v) is 6.72. The maximum Gasteiger partial charge on any atom is 0.254 e. The number of para-hydroxylation sites is 1. The number of amides is 1. The Morgan fingerprint density at radius 3 is 2.48 bits per heavy atom. The summed E-state index contributed by atoms with van der Waals surface area (Å²) in [5.41, 5.74) is 0.481. The van der Waals surface area contributed by atoms with Gasteiger partial charge in [0.1, 0.15) is 19.0 Å². The first-order valence-electron chi connectivity index (χ1n) is 10.2. The van der Waals surface area contributed by atoms with Crippen molar-refractivity contribution >= 4 is 5.91 Å². The summed E-state index contributed by atoms with van der Waals surface area (Å²) in [6.07, 6.45) is 0.677. The van der Waals surface area contributed by atoms with Crippen LogP contribution in [0.2, 0.25) is 0 Å². The molecule has 0 aliphatic rings. The van der Waals surface area contributed by atoms with E-state index in [9.17, 15) is 4.79 Å². The van der Waals surface area contributed by atoms with Crippen LogP contribution in [0.5, 0.6) is 17.2 Å². The van der Waals surface area contributed by atoms with Crippen molar-refractivity contribution in [1.82, 2.24) is 15.0 Å². The average molecular weight is 425 g/mol.